The minimum Gasteiger partial charge on any atom is -0.406 e. The molecule has 0 unspecified atom stereocenters. The van der Waals surface area contributed by atoms with Crippen LogP contribution in [0.1, 0.15) is 22.3 Å². The maximum atomic E-state index is 12.4. The number of benzene rings is 1. The zero-order chi connectivity index (χ0) is 21.1. The summed E-state index contributed by atoms with van der Waals surface area (Å²) >= 11 is 1.63. The maximum absolute atomic E-state index is 12.4. The fraction of sp³-hybridized carbons (Fsp3) is 0.267. The van der Waals surface area contributed by atoms with Gasteiger partial charge in [0.25, 0.3) is 10.0 Å². The molecule has 1 aromatic carbocycles. The standard InChI is InChI=1S/C15H13F3N2O5S3/c1-8-13(12(22)7-26-9(2)21)27-14(19-8)20-28(23,24)11-5-3-10(4-6-11)25-15(16,17)18/h3-6H,7H2,1-2H3,(H,19,20). The van der Waals surface area contributed by atoms with Crippen LogP contribution < -0.4 is 9.46 Å². The molecule has 0 aliphatic heterocycles. The Labute approximate surface area is 166 Å². The number of thioether (sulfide) groups is 1. The summed E-state index contributed by atoms with van der Waals surface area (Å²) < 4.78 is 67.1. The van der Waals surface area contributed by atoms with E-state index in [4.69, 9.17) is 0 Å². The van der Waals surface area contributed by atoms with E-state index in [2.05, 4.69) is 14.4 Å². The Morgan fingerprint density at radius 2 is 1.86 bits per heavy atom. The van der Waals surface area contributed by atoms with Crippen LogP contribution in [0.25, 0.3) is 0 Å². The number of carbonyl (C=O) groups excluding carboxylic acids is 2. The zero-order valence-electron chi connectivity index (χ0n) is 14.4. The van der Waals surface area contributed by atoms with E-state index in [1.165, 1.54) is 13.8 Å². The summed E-state index contributed by atoms with van der Waals surface area (Å²) in [7, 11) is -4.14. The molecule has 2 rings (SSSR count). The molecule has 0 bridgehead atoms. The SMILES string of the molecule is CC(=O)SCC(=O)c1sc(NS(=O)(=O)c2ccc(OC(F)(F)F)cc2)nc1C. The van der Waals surface area contributed by atoms with Crippen LogP contribution in [0.3, 0.4) is 0 Å². The van der Waals surface area contributed by atoms with E-state index >= 15 is 0 Å². The second-order valence-corrected chi connectivity index (χ2v) is 9.10. The number of hydrogen-bond acceptors (Lipinski definition) is 8. The Hall–Kier alpha value is -2.12. The van der Waals surface area contributed by atoms with Crippen molar-refractivity contribution in [1.82, 2.24) is 4.98 Å². The van der Waals surface area contributed by atoms with Gasteiger partial charge in [0.05, 0.1) is 21.2 Å². The number of carbonyl (C=O) groups is 2. The second-order valence-electron chi connectivity index (χ2n) is 5.26. The number of nitrogens with zero attached hydrogens (tertiary/aromatic N) is 1. The molecule has 2 aromatic rings. The van der Waals surface area contributed by atoms with Crippen molar-refractivity contribution in [3.8, 4) is 5.75 Å². The monoisotopic (exact) mass is 454 g/mol. The molecule has 1 N–H and O–H groups in total. The molecule has 0 spiro atoms. The highest BCUT2D eigenvalue weighted by Crippen LogP contribution is 2.28. The van der Waals surface area contributed by atoms with Gasteiger partial charge in [0.15, 0.2) is 16.0 Å². The summed E-state index contributed by atoms with van der Waals surface area (Å²) in [4.78, 5) is 26.9. The Balaban J connectivity index is 2.15. The average molecular weight is 454 g/mol. The number of sulfonamides is 1. The summed E-state index contributed by atoms with van der Waals surface area (Å²) in [6.45, 7) is 2.84. The van der Waals surface area contributed by atoms with Crippen LogP contribution in [0.4, 0.5) is 18.3 Å². The summed E-state index contributed by atoms with van der Waals surface area (Å²) in [5.74, 6) is -1.02. The Bertz CT molecular complexity index is 985. The second kappa shape index (κ2) is 8.49. The number of ketones is 1. The molecule has 0 saturated carbocycles. The summed E-state index contributed by atoms with van der Waals surface area (Å²) in [6.07, 6.45) is -4.89. The van der Waals surface area contributed by atoms with Gasteiger partial charge < -0.3 is 4.74 Å². The number of rotatable bonds is 7. The quantitative estimate of drug-likeness (QED) is 0.638. The first kappa shape index (κ1) is 22.2. The molecule has 0 aliphatic carbocycles. The van der Waals surface area contributed by atoms with Gasteiger partial charge in [-0.3, -0.25) is 14.3 Å². The van der Waals surface area contributed by atoms with E-state index < -0.39 is 22.1 Å². The molecule has 1 aromatic heterocycles. The van der Waals surface area contributed by atoms with E-state index in [0.29, 0.717) is 5.69 Å². The van der Waals surface area contributed by atoms with E-state index in [1.54, 1.807) is 0 Å². The number of nitrogens with one attached hydrogen (secondary N) is 1. The van der Waals surface area contributed by atoms with Gasteiger partial charge in [-0.15, -0.1) is 13.2 Å². The molecule has 0 atom stereocenters. The highest BCUT2D eigenvalue weighted by Gasteiger charge is 2.31. The van der Waals surface area contributed by atoms with Crippen molar-refractivity contribution in [3.63, 3.8) is 0 Å². The number of anilines is 1. The third-order valence-electron chi connectivity index (χ3n) is 3.05. The number of aromatic nitrogens is 1. The van der Waals surface area contributed by atoms with Gasteiger partial charge in [-0.05, 0) is 31.2 Å². The van der Waals surface area contributed by atoms with Gasteiger partial charge in [0.2, 0.25) is 0 Å². The normalized spacial score (nSPS) is 11.9. The van der Waals surface area contributed by atoms with Gasteiger partial charge in [-0.1, -0.05) is 23.1 Å². The van der Waals surface area contributed by atoms with Crippen molar-refractivity contribution in [2.75, 3.05) is 10.5 Å². The van der Waals surface area contributed by atoms with Gasteiger partial charge in [-0.25, -0.2) is 13.4 Å². The third kappa shape index (κ3) is 6.21. The molecule has 0 aliphatic rings. The number of aryl methyl sites for hydroxylation is 1. The zero-order valence-corrected chi connectivity index (χ0v) is 16.8. The number of alkyl halides is 3. The molecular formula is C15H13F3N2O5S3. The molecule has 1 heterocycles. The predicted octanol–water partition coefficient (Wildman–Crippen LogP) is 3.61. The van der Waals surface area contributed by atoms with Crippen molar-refractivity contribution in [3.05, 3.63) is 34.8 Å². The molecule has 0 radical (unpaired) electrons. The third-order valence-corrected chi connectivity index (χ3v) is 6.46. The maximum Gasteiger partial charge on any atom is 0.573 e. The van der Waals surface area contributed by atoms with E-state index in [1.807, 2.05) is 0 Å². The predicted molar refractivity (Wildman–Crippen MR) is 98.3 cm³/mol. The number of hydrogen-bond donors (Lipinski definition) is 1. The first-order valence-corrected chi connectivity index (χ1v) is 10.7. The molecule has 152 valence electrons. The fourth-order valence-corrected chi connectivity index (χ4v) is 4.63. The molecule has 7 nitrogen and oxygen atoms in total. The van der Waals surface area contributed by atoms with Crippen LogP contribution in [0.2, 0.25) is 0 Å². The van der Waals surface area contributed by atoms with Gasteiger partial charge in [0.1, 0.15) is 5.75 Å². The van der Waals surface area contributed by atoms with Crippen LogP contribution in [-0.4, -0.2) is 36.4 Å². The highest BCUT2D eigenvalue weighted by atomic mass is 32.2. The van der Waals surface area contributed by atoms with Gasteiger partial charge in [-0.2, -0.15) is 0 Å². The average Bonchev–Trinajstić information content (AvgIpc) is 2.91. The first-order valence-electron chi connectivity index (χ1n) is 7.40. The Morgan fingerprint density at radius 3 is 2.39 bits per heavy atom. The van der Waals surface area contributed by atoms with Crippen molar-refractivity contribution < 1.29 is 35.9 Å². The number of ether oxygens (including phenoxy) is 1. The molecule has 0 saturated heterocycles. The van der Waals surface area contributed by atoms with E-state index in [-0.39, 0.29) is 31.6 Å². The van der Waals surface area contributed by atoms with Crippen LogP contribution >= 0.6 is 23.1 Å². The summed E-state index contributed by atoms with van der Waals surface area (Å²) in [6, 6.07) is 3.62. The lowest BCUT2D eigenvalue weighted by Crippen LogP contribution is -2.17. The van der Waals surface area contributed by atoms with Crippen LogP contribution in [0.5, 0.6) is 5.75 Å². The van der Waals surface area contributed by atoms with E-state index in [9.17, 15) is 31.2 Å². The Kier molecular flexibility index (Phi) is 6.72. The lowest BCUT2D eigenvalue weighted by molar-refractivity contribution is -0.274. The molecule has 28 heavy (non-hydrogen) atoms. The smallest absolute Gasteiger partial charge is 0.406 e. The molecule has 0 amide bonds. The Morgan fingerprint density at radius 1 is 1.25 bits per heavy atom. The van der Waals surface area contributed by atoms with Gasteiger partial charge in [0, 0.05) is 6.92 Å². The van der Waals surface area contributed by atoms with Crippen LogP contribution in [-0.2, 0) is 14.8 Å². The van der Waals surface area contributed by atoms with Crippen LogP contribution in [0, 0.1) is 6.92 Å². The van der Waals surface area contributed by atoms with Gasteiger partial charge >= 0.3 is 6.36 Å². The van der Waals surface area contributed by atoms with Crippen molar-refractivity contribution in [2.45, 2.75) is 25.1 Å². The number of Topliss-reactive ketones (excluding diaryl/α,β-unsaturated/α-hetero) is 1. The minimum atomic E-state index is -4.89. The molecule has 13 heteroatoms. The molecular weight excluding hydrogens is 441 g/mol. The summed E-state index contributed by atoms with van der Waals surface area (Å²) in [5, 5.41) is -0.307. The van der Waals surface area contributed by atoms with Crippen molar-refractivity contribution >= 4 is 49.2 Å². The molecule has 0 fully saturated rings. The van der Waals surface area contributed by atoms with Crippen LogP contribution in [0.15, 0.2) is 29.2 Å². The van der Waals surface area contributed by atoms with E-state index in [0.717, 1.165) is 47.4 Å². The lowest BCUT2D eigenvalue weighted by Gasteiger charge is -2.09. The topological polar surface area (TPSA) is 102 Å². The number of halogens is 3. The largest absolute Gasteiger partial charge is 0.573 e. The number of thiazole rings is 1. The fourth-order valence-electron chi connectivity index (χ4n) is 1.93. The van der Waals surface area contributed by atoms with Crippen molar-refractivity contribution in [1.29, 1.82) is 0 Å². The first-order chi connectivity index (χ1) is 12.9. The summed E-state index contributed by atoms with van der Waals surface area (Å²) in [5.41, 5.74) is 0.297. The minimum absolute atomic E-state index is 0.0794. The lowest BCUT2D eigenvalue weighted by atomic mass is 10.3. The van der Waals surface area contributed by atoms with Crippen molar-refractivity contribution in [2.24, 2.45) is 0 Å². The highest BCUT2D eigenvalue weighted by molar-refractivity contribution is 8.14.